The Bertz CT molecular complexity index is 1470. The van der Waals surface area contributed by atoms with Crippen molar-refractivity contribution in [3.63, 3.8) is 0 Å². The van der Waals surface area contributed by atoms with Crippen molar-refractivity contribution in [1.29, 1.82) is 0 Å². The molecular formula is C29H26N2O2. The molecule has 1 aromatic heterocycles. The van der Waals surface area contributed by atoms with Gasteiger partial charge < -0.3 is 9.63 Å². The molecule has 4 aromatic carbocycles. The van der Waals surface area contributed by atoms with Gasteiger partial charge in [0.1, 0.15) is 5.75 Å². The van der Waals surface area contributed by atoms with Gasteiger partial charge in [0.05, 0.1) is 5.56 Å². The van der Waals surface area contributed by atoms with Crippen LogP contribution in [0.4, 0.5) is 0 Å². The van der Waals surface area contributed by atoms with Crippen molar-refractivity contribution in [3.05, 3.63) is 90.0 Å². The summed E-state index contributed by atoms with van der Waals surface area (Å²) in [5.41, 5.74) is 5.18. The van der Waals surface area contributed by atoms with Gasteiger partial charge in [0.15, 0.2) is 0 Å². The highest BCUT2D eigenvalue weighted by molar-refractivity contribution is 5.99. The van der Waals surface area contributed by atoms with Crippen LogP contribution in [0.2, 0.25) is 0 Å². The number of phenols is 1. The van der Waals surface area contributed by atoms with E-state index in [1.165, 1.54) is 0 Å². The zero-order valence-corrected chi connectivity index (χ0v) is 19.3. The Labute approximate surface area is 193 Å². The van der Waals surface area contributed by atoms with Crippen LogP contribution in [-0.4, -0.2) is 15.2 Å². The van der Waals surface area contributed by atoms with Gasteiger partial charge in [-0.2, -0.15) is 4.98 Å². The van der Waals surface area contributed by atoms with Crippen LogP contribution in [0, 0.1) is 6.92 Å². The zero-order chi connectivity index (χ0) is 23.2. The highest BCUT2D eigenvalue weighted by Crippen LogP contribution is 2.43. The van der Waals surface area contributed by atoms with E-state index in [9.17, 15) is 5.11 Å². The lowest BCUT2D eigenvalue weighted by Crippen LogP contribution is -2.11. The monoisotopic (exact) mass is 434 g/mol. The number of fused-ring (bicyclic) bond motifs is 1. The first-order valence-corrected chi connectivity index (χ1v) is 11.1. The van der Waals surface area contributed by atoms with Crippen molar-refractivity contribution in [2.24, 2.45) is 0 Å². The molecule has 4 nitrogen and oxygen atoms in total. The molecule has 4 heteroatoms. The Morgan fingerprint density at radius 1 is 0.758 bits per heavy atom. The Morgan fingerprint density at radius 2 is 1.42 bits per heavy atom. The van der Waals surface area contributed by atoms with E-state index in [0.29, 0.717) is 17.3 Å². The third-order valence-electron chi connectivity index (χ3n) is 6.10. The molecule has 0 atom stereocenters. The van der Waals surface area contributed by atoms with Crippen molar-refractivity contribution >= 4 is 10.8 Å². The lowest BCUT2D eigenvalue weighted by molar-refractivity contribution is 0.425. The summed E-state index contributed by atoms with van der Waals surface area (Å²) in [6.07, 6.45) is 0. The average Bonchev–Trinajstić information content (AvgIpc) is 3.28. The fourth-order valence-corrected chi connectivity index (χ4v) is 4.16. The molecule has 0 radical (unpaired) electrons. The lowest BCUT2D eigenvalue weighted by atomic mass is 9.83. The second-order valence-corrected chi connectivity index (χ2v) is 9.43. The third-order valence-corrected chi connectivity index (χ3v) is 6.10. The van der Waals surface area contributed by atoms with Crippen LogP contribution in [0.25, 0.3) is 44.7 Å². The van der Waals surface area contributed by atoms with Crippen molar-refractivity contribution in [2.75, 3.05) is 0 Å². The summed E-state index contributed by atoms with van der Waals surface area (Å²) in [6, 6.07) is 26.3. The van der Waals surface area contributed by atoms with Crippen molar-refractivity contribution in [1.82, 2.24) is 10.1 Å². The fourth-order valence-electron chi connectivity index (χ4n) is 4.16. The van der Waals surface area contributed by atoms with Gasteiger partial charge in [0, 0.05) is 11.1 Å². The maximum atomic E-state index is 11.5. The fraction of sp³-hybridized carbons (Fsp3) is 0.172. The van der Waals surface area contributed by atoms with E-state index >= 15 is 0 Å². The number of aryl methyl sites for hydroxylation is 1. The molecule has 5 aromatic rings. The predicted octanol–water partition coefficient (Wildman–Crippen LogP) is 7.54. The molecule has 164 valence electrons. The smallest absolute Gasteiger partial charge is 0.262 e. The Morgan fingerprint density at radius 3 is 2.21 bits per heavy atom. The van der Waals surface area contributed by atoms with E-state index in [0.717, 1.165) is 38.6 Å². The van der Waals surface area contributed by atoms with Crippen molar-refractivity contribution in [3.8, 4) is 39.7 Å². The number of nitrogens with zero attached hydrogens (tertiary/aromatic N) is 2. The minimum atomic E-state index is -0.138. The summed E-state index contributed by atoms with van der Waals surface area (Å²) >= 11 is 0. The Kier molecular flexibility index (Phi) is 5.01. The van der Waals surface area contributed by atoms with Gasteiger partial charge in [-0.1, -0.05) is 92.7 Å². The van der Waals surface area contributed by atoms with Crippen LogP contribution in [-0.2, 0) is 5.41 Å². The summed E-state index contributed by atoms with van der Waals surface area (Å²) in [6.45, 7) is 8.48. The van der Waals surface area contributed by atoms with E-state index in [2.05, 4.69) is 55.2 Å². The number of benzene rings is 4. The highest BCUT2D eigenvalue weighted by Gasteiger charge is 2.24. The number of aromatic nitrogens is 2. The highest BCUT2D eigenvalue weighted by atomic mass is 16.5. The molecule has 1 N–H and O–H groups in total. The Balaban J connectivity index is 1.74. The number of hydrogen-bond acceptors (Lipinski definition) is 4. The van der Waals surface area contributed by atoms with Gasteiger partial charge >= 0.3 is 0 Å². The second-order valence-electron chi connectivity index (χ2n) is 9.43. The van der Waals surface area contributed by atoms with Gasteiger partial charge in [0.25, 0.3) is 5.89 Å². The summed E-state index contributed by atoms with van der Waals surface area (Å²) in [7, 11) is 0. The largest absolute Gasteiger partial charge is 0.506 e. The average molecular weight is 435 g/mol. The molecular weight excluding hydrogens is 408 g/mol. The number of aromatic hydroxyl groups is 1. The van der Waals surface area contributed by atoms with E-state index < -0.39 is 0 Å². The predicted molar refractivity (Wildman–Crippen MR) is 133 cm³/mol. The van der Waals surface area contributed by atoms with Crippen LogP contribution in [0.1, 0.15) is 31.9 Å². The molecule has 0 amide bonds. The third kappa shape index (κ3) is 3.78. The number of hydrogen-bond donors (Lipinski definition) is 1. The summed E-state index contributed by atoms with van der Waals surface area (Å²) in [5, 5.41) is 17.9. The standard InChI is InChI=1S/C29H26N2O2/c1-18-10-5-7-13-21(18)27-30-28(33-31-27)25-17-20(29(2,3)4)16-24(26(25)32)23-15-9-12-19-11-6-8-14-22(19)23/h5-17,32H,1-4H3. The summed E-state index contributed by atoms with van der Waals surface area (Å²) < 4.78 is 5.67. The van der Waals surface area contributed by atoms with E-state index in [1.54, 1.807) is 0 Å². The molecule has 0 aliphatic heterocycles. The number of phenolic OH excluding ortho intramolecular Hbond substituents is 1. The Hall–Kier alpha value is -3.92. The van der Waals surface area contributed by atoms with Gasteiger partial charge in [0.2, 0.25) is 5.82 Å². The molecule has 5 rings (SSSR count). The quantitative estimate of drug-likeness (QED) is 0.319. The molecule has 0 saturated heterocycles. The molecule has 0 bridgehead atoms. The molecule has 0 fully saturated rings. The summed E-state index contributed by atoms with van der Waals surface area (Å²) in [5.74, 6) is 0.952. The maximum Gasteiger partial charge on any atom is 0.262 e. The molecule has 33 heavy (non-hydrogen) atoms. The normalized spacial score (nSPS) is 11.8. The van der Waals surface area contributed by atoms with Gasteiger partial charge in [-0.3, -0.25) is 0 Å². The van der Waals surface area contributed by atoms with Crippen molar-refractivity contribution in [2.45, 2.75) is 33.1 Å². The van der Waals surface area contributed by atoms with Crippen LogP contribution in [0.3, 0.4) is 0 Å². The molecule has 0 saturated carbocycles. The summed E-state index contributed by atoms with van der Waals surface area (Å²) in [4.78, 5) is 4.65. The van der Waals surface area contributed by atoms with Gasteiger partial charge in [-0.15, -0.1) is 0 Å². The minimum Gasteiger partial charge on any atom is -0.506 e. The second kappa shape index (κ2) is 7.89. The molecule has 0 unspecified atom stereocenters. The first kappa shape index (κ1) is 21.0. The van der Waals surface area contributed by atoms with E-state index in [-0.39, 0.29) is 11.2 Å². The molecule has 1 heterocycles. The van der Waals surface area contributed by atoms with Gasteiger partial charge in [-0.05, 0) is 51.9 Å². The SMILES string of the molecule is Cc1ccccc1-c1noc(-c2cc(C(C)(C)C)cc(-c3cccc4ccccc34)c2O)n1. The first-order chi connectivity index (χ1) is 15.8. The van der Waals surface area contributed by atoms with Crippen LogP contribution >= 0.6 is 0 Å². The topological polar surface area (TPSA) is 59.2 Å². The number of rotatable bonds is 3. The van der Waals surface area contributed by atoms with Crippen LogP contribution in [0.5, 0.6) is 5.75 Å². The van der Waals surface area contributed by atoms with E-state index in [1.807, 2.05) is 61.5 Å². The zero-order valence-electron chi connectivity index (χ0n) is 19.3. The van der Waals surface area contributed by atoms with Crippen LogP contribution in [0.15, 0.2) is 83.4 Å². The minimum absolute atomic E-state index is 0.138. The molecule has 0 spiro atoms. The van der Waals surface area contributed by atoms with Crippen molar-refractivity contribution < 1.29 is 9.63 Å². The van der Waals surface area contributed by atoms with Gasteiger partial charge in [-0.25, -0.2) is 0 Å². The lowest BCUT2D eigenvalue weighted by Gasteiger charge is -2.22. The van der Waals surface area contributed by atoms with Crippen LogP contribution < -0.4 is 0 Å². The molecule has 0 aliphatic rings. The first-order valence-electron chi connectivity index (χ1n) is 11.1. The van der Waals surface area contributed by atoms with E-state index in [4.69, 9.17) is 4.52 Å². The maximum absolute atomic E-state index is 11.5. The molecule has 0 aliphatic carbocycles.